The molecule has 2 aromatic rings. The molecule has 1 aromatic carbocycles. The van der Waals surface area contributed by atoms with Crippen LogP contribution in [-0.2, 0) is 21.2 Å². The molecule has 1 atom stereocenters. The van der Waals surface area contributed by atoms with Gasteiger partial charge in [-0.25, -0.2) is 13.1 Å². The van der Waals surface area contributed by atoms with Crippen molar-refractivity contribution in [2.75, 3.05) is 12.8 Å². The van der Waals surface area contributed by atoms with E-state index in [2.05, 4.69) is 20.2 Å². The summed E-state index contributed by atoms with van der Waals surface area (Å²) in [7, 11) is -3.44. The van der Waals surface area contributed by atoms with E-state index in [-0.39, 0.29) is 6.54 Å². The molecular formula is C14H17ClN4O4S. The maximum atomic E-state index is 11.8. The third kappa shape index (κ3) is 5.59. The summed E-state index contributed by atoms with van der Waals surface area (Å²) >= 11 is 5.82. The second-order valence-electron chi connectivity index (χ2n) is 5.17. The Morgan fingerprint density at radius 3 is 2.62 bits per heavy atom. The van der Waals surface area contributed by atoms with Crippen molar-refractivity contribution < 1.29 is 17.7 Å². The highest BCUT2D eigenvalue weighted by Crippen LogP contribution is 2.18. The molecule has 0 aliphatic heterocycles. The quantitative estimate of drug-likeness (QED) is 0.749. The van der Waals surface area contributed by atoms with Gasteiger partial charge in [0.25, 0.3) is 0 Å². The van der Waals surface area contributed by atoms with Crippen molar-refractivity contribution in [3.63, 3.8) is 0 Å². The maximum Gasteiger partial charge on any atom is 0.237 e. The van der Waals surface area contributed by atoms with Gasteiger partial charge in [0.1, 0.15) is 0 Å². The van der Waals surface area contributed by atoms with E-state index in [0.717, 1.165) is 11.8 Å². The van der Waals surface area contributed by atoms with Gasteiger partial charge in [0.05, 0.1) is 12.3 Å². The number of nitrogens with zero attached hydrogens (tertiary/aromatic N) is 2. The number of carbonyl (C=O) groups is 1. The highest BCUT2D eigenvalue weighted by atomic mass is 35.5. The maximum absolute atomic E-state index is 11.8. The van der Waals surface area contributed by atoms with Gasteiger partial charge in [-0.3, -0.25) is 4.79 Å². The Labute approximate surface area is 144 Å². The first-order valence-electron chi connectivity index (χ1n) is 7.08. The van der Waals surface area contributed by atoms with Gasteiger partial charge in [0, 0.05) is 23.6 Å². The van der Waals surface area contributed by atoms with Crippen LogP contribution in [-0.4, -0.2) is 43.3 Å². The van der Waals surface area contributed by atoms with Crippen LogP contribution in [0.1, 0.15) is 12.8 Å². The number of aromatic nitrogens is 2. The molecule has 130 valence electrons. The van der Waals surface area contributed by atoms with E-state index in [1.54, 1.807) is 24.3 Å². The number of rotatable bonds is 7. The third-order valence-corrected chi connectivity index (χ3v) is 4.03. The van der Waals surface area contributed by atoms with Crippen molar-refractivity contribution in [1.82, 2.24) is 20.2 Å². The fourth-order valence-corrected chi connectivity index (χ4v) is 2.77. The molecule has 0 saturated heterocycles. The molecule has 1 aromatic heterocycles. The smallest absolute Gasteiger partial charge is 0.237 e. The first kappa shape index (κ1) is 18.4. The Hall–Kier alpha value is -1.97. The number of hydrogen-bond acceptors (Lipinski definition) is 6. The lowest BCUT2D eigenvalue weighted by molar-refractivity contribution is -0.122. The van der Waals surface area contributed by atoms with Gasteiger partial charge in [-0.15, -0.1) is 0 Å². The summed E-state index contributed by atoms with van der Waals surface area (Å²) in [5.74, 6) is 0.363. The average molecular weight is 373 g/mol. The third-order valence-electron chi connectivity index (χ3n) is 2.99. The van der Waals surface area contributed by atoms with E-state index < -0.39 is 22.0 Å². The Balaban J connectivity index is 1.85. The summed E-state index contributed by atoms with van der Waals surface area (Å²) in [6, 6.07) is 6.15. The van der Waals surface area contributed by atoms with Crippen molar-refractivity contribution in [2.24, 2.45) is 0 Å². The normalized spacial score (nSPS) is 12.8. The fraction of sp³-hybridized carbons (Fsp3) is 0.357. The van der Waals surface area contributed by atoms with Crippen molar-refractivity contribution in [3.8, 4) is 11.4 Å². The van der Waals surface area contributed by atoms with Crippen LogP contribution >= 0.6 is 11.6 Å². The van der Waals surface area contributed by atoms with Crippen molar-refractivity contribution >= 4 is 27.5 Å². The fourth-order valence-electron chi connectivity index (χ4n) is 1.89. The molecule has 0 radical (unpaired) electrons. The summed E-state index contributed by atoms with van der Waals surface area (Å²) in [5, 5.41) is 7.08. The van der Waals surface area contributed by atoms with Gasteiger partial charge in [-0.1, -0.05) is 16.8 Å². The van der Waals surface area contributed by atoms with Gasteiger partial charge in [0.15, 0.2) is 0 Å². The molecule has 0 unspecified atom stereocenters. The molecule has 10 heteroatoms. The van der Waals surface area contributed by atoms with Crippen LogP contribution in [0.15, 0.2) is 28.8 Å². The molecule has 8 nitrogen and oxygen atoms in total. The molecule has 2 N–H and O–H groups in total. The zero-order valence-corrected chi connectivity index (χ0v) is 14.7. The van der Waals surface area contributed by atoms with Gasteiger partial charge < -0.3 is 9.84 Å². The van der Waals surface area contributed by atoms with E-state index in [1.165, 1.54) is 6.92 Å². The van der Waals surface area contributed by atoms with E-state index in [9.17, 15) is 13.2 Å². The predicted molar refractivity (Wildman–Crippen MR) is 88.9 cm³/mol. The minimum Gasteiger partial charge on any atom is -0.354 e. The van der Waals surface area contributed by atoms with Crippen molar-refractivity contribution in [1.29, 1.82) is 0 Å². The Kier molecular flexibility index (Phi) is 5.92. The number of hydrogen-bond donors (Lipinski definition) is 2. The molecular weight excluding hydrogens is 356 g/mol. The van der Waals surface area contributed by atoms with Crippen LogP contribution < -0.4 is 10.0 Å². The molecule has 0 bridgehead atoms. The molecule has 0 aliphatic rings. The van der Waals surface area contributed by atoms with Gasteiger partial charge in [0.2, 0.25) is 27.6 Å². The Bertz CT molecular complexity index is 804. The van der Waals surface area contributed by atoms with Crippen LogP contribution in [0.2, 0.25) is 5.02 Å². The number of benzene rings is 1. The lowest BCUT2D eigenvalue weighted by atomic mass is 10.2. The lowest BCUT2D eigenvalue weighted by Gasteiger charge is -2.11. The first-order valence-corrected chi connectivity index (χ1v) is 9.35. The molecule has 2 rings (SSSR count). The van der Waals surface area contributed by atoms with Crippen molar-refractivity contribution in [2.45, 2.75) is 19.4 Å². The van der Waals surface area contributed by atoms with E-state index in [4.69, 9.17) is 16.1 Å². The van der Waals surface area contributed by atoms with Gasteiger partial charge >= 0.3 is 0 Å². The van der Waals surface area contributed by atoms with Crippen LogP contribution in [0.4, 0.5) is 0 Å². The second-order valence-corrected chi connectivity index (χ2v) is 7.39. The SMILES string of the molecule is C[C@@H](NS(C)(=O)=O)C(=O)NCCc1nc(-c2ccc(Cl)cc2)no1. The highest BCUT2D eigenvalue weighted by molar-refractivity contribution is 7.88. The number of nitrogens with one attached hydrogen (secondary N) is 2. The molecule has 24 heavy (non-hydrogen) atoms. The summed E-state index contributed by atoms with van der Waals surface area (Å²) in [6.07, 6.45) is 1.32. The highest BCUT2D eigenvalue weighted by Gasteiger charge is 2.16. The van der Waals surface area contributed by atoms with Gasteiger partial charge in [-0.2, -0.15) is 4.98 Å². The first-order chi connectivity index (χ1) is 11.2. The molecule has 0 fully saturated rings. The lowest BCUT2D eigenvalue weighted by Crippen LogP contribution is -2.44. The standard InChI is InChI=1S/C14H17ClN4O4S/c1-9(19-24(2,21)22)14(20)16-8-7-12-17-13(18-23-12)10-3-5-11(15)6-4-10/h3-6,9,19H,7-8H2,1-2H3,(H,16,20)/t9-/m1/s1. The minimum absolute atomic E-state index is 0.247. The van der Waals surface area contributed by atoms with E-state index in [0.29, 0.717) is 23.2 Å². The van der Waals surface area contributed by atoms with Gasteiger partial charge in [-0.05, 0) is 31.2 Å². The molecule has 0 aliphatic carbocycles. The van der Waals surface area contributed by atoms with E-state index >= 15 is 0 Å². The average Bonchev–Trinajstić information content (AvgIpc) is 2.95. The zero-order chi connectivity index (χ0) is 17.7. The number of sulfonamides is 1. The van der Waals surface area contributed by atoms with Crippen LogP contribution in [0.3, 0.4) is 0 Å². The zero-order valence-electron chi connectivity index (χ0n) is 13.1. The van der Waals surface area contributed by atoms with Crippen LogP contribution in [0, 0.1) is 0 Å². The molecule has 0 saturated carbocycles. The van der Waals surface area contributed by atoms with Crippen molar-refractivity contribution in [3.05, 3.63) is 35.2 Å². The summed E-state index contributed by atoms with van der Waals surface area (Å²) < 4.78 is 29.4. The topological polar surface area (TPSA) is 114 Å². The molecule has 1 amide bonds. The van der Waals surface area contributed by atoms with E-state index in [1.807, 2.05) is 0 Å². The molecule has 0 spiro atoms. The van der Waals surface area contributed by atoms with Crippen LogP contribution in [0.25, 0.3) is 11.4 Å². The number of amides is 1. The van der Waals surface area contributed by atoms with Crippen LogP contribution in [0.5, 0.6) is 0 Å². The summed E-state index contributed by atoms with van der Waals surface area (Å²) in [5.41, 5.74) is 0.768. The largest absolute Gasteiger partial charge is 0.354 e. The second kappa shape index (κ2) is 7.73. The summed E-state index contributed by atoms with van der Waals surface area (Å²) in [6.45, 7) is 1.71. The molecule has 1 heterocycles. The summed E-state index contributed by atoms with van der Waals surface area (Å²) in [4.78, 5) is 16.0. The monoisotopic (exact) mass is 372 g/mol. The number of halogens is 1. The number of carbonyl (C=O) groups excluding carboxylic acids is 1. The predicted octanol–water partition coefficient (Wildman–Crippen LogP) is 0.986. The Morgan fingerprint density at radius 1 is 1.33 bits per heavy atom. The minimum atomic E-state index is -3.44. The Morgan fingerprint density at radius 2 is 2.00 bits per heavy atom.